The maximum Gasteiger partial charge on any atom is 0.212 e. The number of aryl methyl sites for hydroxylation is 1. The standard InChI is InChI=1S/C15H18N/c1-12(2)16-11-7-6-10-15(16)14-9-5-4-8-13(14)3/h4-12H,1-3H3/q+1. The number of nitrogens with zero attached hydrogens (tertiary/aromatic N) is 1. The second-order valence-corrected chi connectivity index (χ2v) is 4.40. The van der Waals surface area contributed by atoms with Gasteiger partial charge in [0, 0.05) is 17.7 Å². The lowest BCUT2D eigenvalue weighted by Gasteiger charge is -2.08. The van der Waals surface area contributed by atoms with Gasteiger partial charge in [-0.25, -0.2) is 0 Å². The fraction of sp³-hybridized carbons (Fsp3) is 0.267. The molecule has 1 aromatic heterocycles. The van der Waals surface area contributed by atoms with Gasteiger partial charge >= 0.3 is 0 Å². The first-order chi connectivity index (χ1) is 7.70. The van der Waals surface area contributed by atoms with E-state index in [2.05, 4.69) is 74.0 Å². The SMILES string of the molecule is Cc1ccccc1-c1cccc[n+]1C(C)C. The number of hydrogen-bond donors (Lipinski definition) is 0. The molecule has 0 atom stereocenters. The summed E-state index contributed by atoms with van der Waals surface area (Å²) in [5.41, 5.74) is 3.93. The van der Waals surface area contributed by atoms with E-state index in [4.69, 9.17) is 0 Å². The molecule has 2 aromatic rings. The van der Waals surface area contributed by atoms with E-state index in [1.54, 1.807) is 0 Å². The van der Waals surface area contributed by atoms with Crippen molar-refractivity contribution in [1.82, 2.24) is 0 Å². The van der Waals surface area contributed by atoms with Crippen LogP contribution in [0.2, 0.25) is 0 Å². The van der Waals surface area contributed by atoms with Gasteiger partial charge in [0.1, 0.15) is 0 Å². The Balaban J connectivity index is 2.60. The van der Waals surface area contributed by atoms with Crippen LogP contribution in [-0.2, 0) is 0 Å². The van der Waals surface area contributed by atoms with Gasteiger partial charge in [-0.15, -0.1) is 0 Å². The molecule has 16 heavy (non-hydrogen) atoms. The quantitative estimate of drug-likeness (QED) is 0.670. The lowest BCUT2D eigenvalue weighted by atomic mass is 10.0. The molecule has 2 rings (SSSR count). The normalized spacial score (nSPS) is 10.8. The van der Waals surface area contributed by atoms with Gasteiger partial charge in [0.25, 0.3) is 0 Å². The maximum absolute atomic E-state index is 2.31. The van der Waals surface area contributed by atoms with Crippen LogP contribution in [0.3, 0.4) is 0 Å². The van der Waals surface area contributed by atoms with Crippen LogP contribution in [0, 0.1) is 6.92 Å². The summed E-state index contributed by atoms with van der Waals surface area (Å²) in [4.78, 5) is 0. The number of pyridine rings is 1. The van der Waals surface area contributed by atoms with E-state index in [1.807, 2.05) is 0 Å². The minimum Gasteiger partial charge on any atom is -0.196 e. The Morgan fingerprint density at radius 1 is 0.938 bits per heavy atom. The highest BCUT2D eigenvalue weighted by atomic mass is 15.0. The van der Waals surface area contributed by atoms with E-state index >= 15 is 0 Å². The third-order valence-electron chi connectivity index (χ3n) is 2.87. The van der Waals surface area contributed by atoms with Gasteiger partial charge in [0.05, 0.1) is 0 Å². The molecule has 0 aliphatic carbocycles. The molecule has 1 heteroatoms. The van der Waals surface area contributed by atoms with Crippen molar-refractivity contribution < 1.29 is 4.57 Å². The summed E-state index contributed by atoms with van der Waals surface area (Å²) >= 11 is 0. The maximum atomic E-state index is 2.31. The van der Waals surface area contributed by atoms with E-state index in [0.717, 1.165) is 0 Å². The van der Waals surface area contributed by atoms with Crippen molar-refractivity contribution in [3.8, 4) is 11.3 Å². The zero-order valence-corrected chi connectivity index (χ0v) is 10.1. The molecule has 0 bridgehead atoms. The fourth-order valence-electron chi connectivity index (χ4n) is 1.99. The number of rotatable bonds is 2. The van der Waals surface area contributed by atoms with Gasteiger partial charge in [0.15, 0.2) is 12.2 Å². The van der Waals surface area contributed by atoms with Crippen molar-refractivity contribution in [2.24, 2.45) is 0 Å². The Kier molecular flexibility index (Phi) is 3.04. The molecule has 0 saturated carbocycles. The number of aromatic nitrogens is 1. The van der Waals surface area contributed by atoms with Gasteiger partial charge in [-0.3, -0.25) is 0 Å². The molecule has 1 aromatic carbocycles. The van der Waals surface area contributed by atoms with Crippen molar-refractivity contribution in [2.75, 3.05) is 0 Å². The van der Waals surface area contributed by atoms with Crippen molar-refractivity contribution >= 4 is 0 Å². The number of hydrogen-bond acceptors (Lipinski definition) is 0. The summed E-state index contributed by atoms with van der Waals surface area (Å²) in [6.07, 6.45) is 2.15. The van der Waals surface area contributed by atoms with Crippen LogP contribution in [-0.4, -0.2) is 0 Å². The molecule has 0 fully saturated rings. The fourth-order valence-corrected chi connectivity index (χ4v) is 1.99. The second kappa shape index (κ2) is 4.48. The molecule has 82 valence electrons. The molecular weight excluding hydrogens is 194 g/mol. The highest BCUT2D eigenvalue weighted by molar-refractivity contribution is 5.60. The lowest BCUT2D eigenvalue weighted by molar-refractivity contribution is -0.705. The van der Waals surface area contributed by atoms with Crippen LogP contribution in [0.25, 0.3) is 11.3 Å². The van der Waals surface area contributed by atoms with Crippen LogP contribution in [0.5, 0.6) is 0 Å². The van der Waals surface area contributed by atoms with Crippen LogP contribution >= 0.6 is 0 Å². The van der Waals surface area contributed by atoms with Gasteiger partial charge in [0.2, 0.25) is 5.69 Å². The van der Waals surface area contributed by atoms with Crippen molar-refractivity contribution in [2.45, 2.75) is 26.8 Å². The van der Waals surface area contributed by atoms with E-state index in [9.17, 15) is 0 Å². The topological polar surface area (TPSA) is 3.88 Å². The third-order valence-corrected chi connectivity index (χ3v) is 2.87. The highest BCUT2D eigenvalue weighted by Gasteiger charge is 2.15. The van der Waals surface area contributed by atoms with E-state index in [1.165, 1.54) is 16.8 Å². The second-order valence-electron chi connectivity index (χ2n) is 4.40. The zero-order valence-electron chi connectivity index (χ0n) is 10.1. The average molecular weight is 212 g/mol. The Labute approximate surface area is 97.4 Å². The average Bonchev–Trinajstić information content (AvgIpc) is 2.29. The molecule has 1 nitrogen and oxygen atoms in total. The largest absolute Gasteiger partial charge is 0.212 e. The Morgan fingerprint density at radius 3 is 2.31 bits per heavy atom. The minimum absolute atomic E-state index is 0.482. The van der Waals surface area contributed by atoms with Crippen molar-refractivity contribution in [3.63, 3.8) is 0 Å². The first-order valence-electron chi connectivity index (χ1n) is 5.76. The molecule has 0 aliphatic rings. The Bertz CT molecular complexity index is 486. The van der Waals surface area contributed by atoms with Crippen LogP contribution in [0.4, 0.5) is 0 Å². The van der Waals surface area contributed by atoms with E-state index in [-0.39, 0.29) is 0 Å². The Hall–Kier alpha value is -1.63. The molecule has 0 spiro atoms. The number of benzene rings is 1. The summed E-state index contributed by atoms with van der Waals surface area (Å²) in [6.45, 7) is 6.58. The molecule has 0 unspecified atom stereocenters. The monoisotopic (exact) mass is 212 g/mol. The van der Waals surface area contributed by atoms with Gasteiger partial charge in [-0.1, -0.05) is 18.2 Å². The summed E-state index contributed by atoms with van der Waals surface area (Å²) in [6, 6.07) is 15.4. The first kappa shape index (κ1) is 10.9. The van der Waals surface area contributed by atoms with Crippen molar-refractivity contribution in [1.29, 1.82) is 0 Å². The van der Waals surface area contributed by atoms with E-state index in [0.29, 0.717) is 6.04 Å². The highest BCUT2D eigenvalue weighted by Crippen LogP contribution is 2.20. The summed E-state index contributed by atoms with van der Waals surface area (Å²) in [5, 5.41) is 0. The first-order valence-corrected chi connectivity index (χ1v) is 5.76. The minimum atomic E-state index is 0.482. The lowest BCUT2D eigenvalue weighted by Crippen LogP contribution is -2.38. The smallest absolute Gasteiger partial charge is 0.196 e. The predicted molar refractivity (Wildman–Crippen MR) is 67.2 cm³/mol. The van der Waals surface area contributed by atoms with Crippen LogP contribution < -0.4 is 4.57 Å². The molecule has 1 heterocycles. The zero-order chi connectivity index (χ0) is 11.5. The molecule has 0 amide bonds. The van der Waals surface area contributed by atoms with Gasteiger partial charge in [-0.05, 0) is 38.5 Å². The van der Waals surface area contributed by atoms with Crippen LogP contribution in [0.15, 0.2) is 48.7 Å². The third kappa shape index (κ3) is 1.99. The molecule has 0 saturated heterocycles. The van der Waals surface area contributed by atoms with E-state index < -0.39 is 0 Å². The van der Waals surface area contributed by atoms with Crippen LogP contribution in [0.1, 0.15) is 25.5 Å². The molecule has 0 radical (unpaired) electrons. The Morgan fingerprint density at radius 2 is 1.62 bits per heavy atom. The molecule has 0 aliphatic heterocycles. The summed E-state index contributed by atoms with van der Waals surface area (Å²) in [5.74, 6) is 0. The summed E-state index contributed by atoms with van der Waals surface area (Å²) in [7, 11) is 0. The molecule has 0 N–H and O–H groups in total. The van der Waals surface area contributed by atoms with Gasteiger partial charge < -0.3 is 0 Å². The summed E-state index contributed by atoms with van der Waals surface area (Å²) < 4.78 is 2.31. The van der Waals surface area contributed by atoms with Gasteiger partial charge in [-0.2, -0.15) is 4.57 Å². The predicted octanol–water partition coefficient (Wildman–Crippen LogP) is 3.53. The van der Waals surface area contributed by atoms with Crippen molar-refractivity contribution in [3.05, 3.63) is 54.2 Å². The molecular formula is C15H18N+.